The second kappa shape index (κ2) is 16.5. The Hall–Kier alpha value is -2.08. The van der Waals surface area contributed by atoms with E-state index < -0.39 is 0 Å². The molecular formula is C27H33BrCl2N4. The molecule has 0 fully saturated rings. The van der Waals surface area contributed by atoms with Crippen LogP contribution in [0.3, 0.4) is 0 Å². The summed E-state index contributed by atoms with van der Waals surface area (Å²) in [5, 5.41) is 9.47. The van der Waals surface area contributed by atoms with Crippen LogP contribution in [0.2, 0.25) is 10.0 Å². The molecule has 0 aromatic heterocycles. The summed E-state index contributed by atoms with van der Waals surface area (Å²) in [5.74, 6) is 0.729. The van der Waals surface area contributed by atoms with Crippen LogP contribution in [0, 0.1) is 0 Å². The number of aliphatic imine (C=N–C) groups is 1. The van der Waals surface area contributed by atoms with Gasteiger partial charge >= 0.3 is 0 Å². The molecule has 1 aliphatic rings. The molecule has 34 heavy (non-hydrogen) atoms. The predicted molar refractivity (Wildman–Crippen MR) is 154 cm³/mol. The number of benzene rings is 2. The van der Waals surface area contributed by atoms with Gasteiger partial charge in [0.25, 0.3) is 0 Å². The Morgan fingerprint density at radius 2 is 1.26 bits per heavy atom. The van der Waals surface area contributed by atoms with Crippen LogP contribution in [-0.4, -0.2) is 24.8 Å². The van der Waals surface area contributed by atoms with E-state index >= 15 is 0 Å². The fourth-order valence-electron chi connectivity index (χ4n) is 3.41. The van der Waals surface area contributed by atoms with E-state index in [9.17, 15) is 0 Å². The van der Waals surface area contributed by atoms with Gasteiger partial charge in [0, 0.05) is 23.1 Å². The van der Waals surface area contributed by atoms with Crippen molar-refractivity contribution in [2.45, 2.75) is 44.9 Å². The minimum absolute atomic E-state index is 0. The molecule has 2 aromatic carbocycles. The van der Waals surface area contributed by atoms with Gasteiger partial charge < -0.3 is 5.32 Å². The van der Waals surface area contributed by atoms with Gasteiger partial charge in [-0.2, -0.15) is 5.10 Å². The molecule has 0 aliphatic carbocycles. The molecular weight excluding hydrogens is 531 g/mol. The van der Waals surface area contributed by atoms with Crippen LogP contribution in [0.25, 0.3) is 12.2 Å². The van der Waals surface area contributed by atoms with Gasteiger partial charge in [-0.15, -0.1) is 17.0 Å². The van der Waals surface area contributed by atoms with Crippen molar-refractivity contribution in [1.82, 2.24) is 10.7 Å². The molecule has 0 atom stereocenters. The number of nitrogens with one attached hydrogen (secondary N) is 2. The number of hydrogen-bond donors (Lipinski definition) is 2. The summed E-state index contributed by atoms with van der Waals surface area (Å²) in [6.07, 6.45) is 16.7. The van der Waals surface area contributed by atoms with Crippen molar-refractivity contribution in [2.75, 3.05) is 13.1 Å². The van der Waals surface area contributed by atoms with Gasteiger partial charge in [-0.3, -0.25) is 4.99 Å². The van der Waals surface area contributed by atoms with Crippen LogP contribution in [0.4, 0.5) is 0 Å². The van der Waals surface area contributed by atoms with Gasteiger partial charge in [-0.1, -0.05) is 91.7 Å². The molecule has 0 amide bonds. The van der Waals surface area contributed by atoms with E-state index in [1.165, 1.54) is 32.1 Å². The minimum atomic E-state index is 0. The number of rotatable bonds is 5. The molecule has 0 unspecified atom stereocenters. The number of hydrazone groups is 1. The summed E-state index contributed by atoms with van der Waals surface area (Å²) < 4.78 is 0. The van der Waals surface area contributed by atoms with E-state index in [-0.39, 0.29) is 17.0 Å². The molecule has 1 heterocycles. The van der Waals surface area contributed by atoms with Gasteiger partial charge in [-0.25, -0.2) is 5.43 Å². The van der Waals surface area contributed by atoms with E-state index in [4.69, 9.17) is 28.2 Å². The summed E-state index contributed by atoms with van der Waals surface area (Å²) in [6, 6.07) is 15.4. The Morgan fingerprint density at radius 1 is 0.765 bits per heavy atom. The summed E-state index contributed by atoms with van der Waals surface area (Å²) in [7, 11) is 0. The minimum Gasteiger partial charge on any atom is -0.355 e. The maximum Gasteiger partial charge on any atom is 0.212 e. The van der Waals surface area contributed by atoms with Gasteiger partial charge in [0.1, 0.15) is 0 Å². The highest BCUT2D eigenvalue weighted by Crippen LogP contribution is 2.13. The molecule has 0 radical (unpaired) electrons. The first-order chi connectivity index (χ1) is 16.2. The molecule has 0 spiro atoms. The predicted octanol–water partition coefficient (Wildman–Crippen LogP) is 7.93. The molecule has 182 valence electrons. The number of guanidine groups is 1. The van der Waals surface area contributed by atoms with E-state index in [0.717, 1.165) is 58.8 Å². The van der Waals surface area contributed by atoms with Crippen molar-refractivity contribution in [2.24, 2.45) is 10.1 Å². The first-order valence-electron chi connectivity index (χ1n) is 11.7. The molecule has 0 saturated carbocycles. The Kier molecular flexibility index (Phi) is 13.7. The van der Waals surface area contributed by atoms with Gasteiger partial charge in [-0.05, 0) is 60.4 Å². The van der Waals surface area contributed by atoms with Crippen molar-refractivity contribution in [3.63, 3.8) is 0 Å². The normalized spacial score (nSPS) is 16.9. The number of hydrogen-bond acceptors (Lipinski definition) is 4. The quantitative estimate of drug-likeness (QED) is 0.286. The summed E-state index contributed by atoms with van der Waals surface area (Å²) in [6.45, 7) is 1.71. The molecule has 3 rings (SSSR count). The number of nitrogens with zero attached hydrogens (tertiary/aromatic N) is 2. The zero-order valence-corrected chi connectivity index (χ0v) is 22.6. The first kappa shape index (κ1) is 28.2. The highest BCUT2D eigenvalue weighted by Gasteiger charge is 2.01. The topological polar surface area (TPSA) is 48.8 Å². The van der Waals surface area contributed by atoms with Crippen LogP contribution >= 0.6 is 40.2 Å². The molecule has 0 bridgehead atoms. The SMILES string of the molecule is Br.Clc1ccc(C=CC(C=Cc2ccc(Cl)cc2)=NN/C2=N\CCCCCCCCCN2)cc1. The van der Waals surface area contributed by atoms with Gasteiger partial charge in [0.05, 0.1) is 5.71 Å². The fraction of sp³-hybridized carbons (Fsp3) is 0.333. The van der Waals surface area contributed by atoms with Crippen molar-refractivity contribution in [1.29, 1.82) is 0 Å². The maximum absolute atomic E-state index is 6.01. The molecule has 1 aliphatic heterocycles. The third-order valence-electron chi connectivity index (χ3n) is 5.32. The molecule has 7 heteroatoms. The van der Waals surface area contributed by atoms with E-state index in [0.29, 0.717) is 0 Å². The second-order valence-corrected chi connectivity index (χ2v) is 8.92. The van der Waals surface area contributed by atoms with Crippen molar-refractivity contribution in [3.05, 3.63) is 81.9 Å². The monoisotopic (exact) mass is 562 g/mol. The summed E-state index contributed by atoms with van der Waals surface area (Å²) >= 11 is 12.0. The van der Waals surface area contributed by atoms with Gasteiger partial charge in [0.15, 0.2) is 0 Å². The average molecular weight is 564 g/mol. The Labute approximate surface area is 224 Å². The lowest BCUT2D eigenvalue weighted by molar-refractivity contribution is 0.570. The van der Waals surface area contributed by atoms with E-state index in [2.05, 4.69) is 15.8 Å². The summed E-state index contributed by atoms with van der Waals surface area (Å²) in [4.78, 5) is 4.69. The van der Waals surface area contributed by atoms with E-state index in [1.807, 2.05) is 72.8 Å². The molecule has 0 saturated heterocycles. The Balaban J connectivity index is 0.00000408. The van der Waals surface area contributed by atoms with Crippen LogP contribution < -0.4 is 10.7 Å². The summed E-state index contributed by atoms with van der Waals surface area (Å²) in [5.41, 5.74) is 6.02. The second-order valence-electron chi connectivity index (χ2n) is 8.05. The fourth-order valence-corrected chi connectivity index (χ4v) is 3.66. The zero-order valence-electron chi connectivity index (χ0n) is 19.4. The van der Waals surface area contributed by atoms with Gasteiger partial charge in [0.2, 0.25) is 5.96 Å². The van der Waals surface area contributed by atoms with Crippen LogP contribution in [-0.2, 0) is 0 Å². The third-order valence-corrected chi connectivity index (χ3v) is 5.83. The van der Waals surface area contributed by atoms with Crippen LogP contribution in [0.15, 0.2) is 70.8 Å². The Bertz CT molecular complexity index is 910. The van der Waals surface area contributed by atoms with Crippen LogP contribution in [0.5, 0.6) is 0 Å². The molecule has 2 aromatic rings. The van der Waals surface area contributed by atoms with Crippen LogP contribution in [0.1, 0.15) is 56.1 Å². The third kappa shape index (κ3) is 11.4. The average Bonchev–Trinajstić information content (AvgIpc) is 2.82. The standard InChI is InChI=1S/C27H32Cl2N4.BrH/c28-24-14-8-22(9-15-24)12-18-26(19-13-23-10-16-25(29)17-11-23)32-33-27-30-20-6-4-2-1-3-5-7-21-31-27;/h8-19H,1-7,20-21H2,(H2,30,31,33);1H. The Morgan fingerprint density at radius 3 is 1.82 bits per heavy atom. The lowest BCUT2D eigenvalue weighted by atomic mass is 10.1. The van der Waals surface area contributed by atoms with Crippen molar-refractivity contribution >= 4 is 64.0 Å². The van der Waals surface area contributed by atoms with E-state index in [1.54, 1.807) is 0 Å². The zero-order chi connectivity index (χ0) is 23.1. The van der Waals surface area contributed by atoms with Crippen molar-refractivity contribution in [3.8, 4) is 0 Å². The lowest BCUT2D eigenvalue weighted by Gasteiger charge is -2.11. The lowest BCUT2D eigenvalue weighted by Crippen LogP contribution is -2.35. The molecule has 2 N–H and O–H groups in total. The number of halogens is 3. The first-order valence-corrected chi connectivity index (χ1v) is 12.4. The smallest absolute Gasteiger partial charge is 0.212 e. The maximum atomic E-state index is 6.01. The highest BCUT2D eigenvalue weighted by atomic mass is 79.9. The van der Waals surface area contributed by atoms with Crippen molar-refractivity contribution < 1.29 is 0 Å². The molecule has 4 nitrogen and oxygen atoms in total. The largest absolute Gasteiger partial charge is 0.355 e. The highest BCUT2D eigenvalue weighted by molar-refractivity contribution is 8.93. The number of allylic oxidation sites excluding steroid dienone is 2.